The molecule has 1 atom stereocenters. The number of carbonyl (C=O) groups excluding carboxylic acids is 3. The van der Waals surface area contributed by atoms with E-state index < -0.39 is 69.1 Å². The van der Waals surface area contributed by atoms with Gasteiger partial charge in [0.15, 0.2) is 0 Å². The van der Waals surface area contributed by atoms with Gasteiger partial charge < -0.3 is 14.4 Å². The van der Waals surface area contributed by atoms with Gasteiger partial charge in [-0.15, -0.1) is 0 Å². The third kappa shape index (κ3) is 8.80. The lowest BCUT2D eigenvalue weighted by Crippen LogP contribution is -2.52. The number of rotatable bonds is 10. The summed E-state index contributed by atoms with van der Waals surface area (Å²) >= 11 is 0. The fourth-order valence-corrected chi connectivity index (χ4v) is 4.32. The number of carbonyl (C=O) groups is 3. The summed E-state index contributed by atoms with van der Waals surface area (Å²) in [6.45, 7) is 5.99. The van der Waals surface area contributed by atoms with Gasteiger partial charge in [-0.1, -0.05) is 0 Å². The van der Waals surface area contributed by atoms with Crippen LogP contribution in [0, 0.1) is 0 Å². The Morgan fingerprint density at radius 2 is 1.66 bits per heavy atom. The highest BCUT2D eigenvalue weighted by Gasteiger charge is 2.40. The number of alkyl halides is 3. The Morgan fingerprint density at radius 3 is 2.11 bits per heavy atom. The number of esters is 2. The van der Waals surface area contributed by atoms with Gasteiger partial charge in [-0.05, 0) is 64.8 Å². The molecule has 0 aromatic heterocycles. The van der Waals surface area contributed by atoms with Crippen LogP contribution in [0.4, 0.5) is 13.2 Å². The first kappa shape index (κ1) is 28.6. The summed E-state index contributed by atoms with van der Waals surface area (Å²) in [5.41, 5.74) is -1.97. The Morgan fingerprint density at radius 1 is 1.09 bits per heavy atom. The Labute approximate surface area is 202 Å². The third-order valence-corrected chi connectivity index (χ3v) is 6.24. The molecular formula is C22H29F3N2O7S. The van der Waals surface area contributed by atoms with Crippen LogP contribution in [0.15, 0.2) is 29.2 Å². The third-order valence-electron chi connectivity index (χ3n) is 4.75. The first-order chi connectivity index (χ1) is 16.0. The average molecular weight is 523 g/mol. The molecule has 2 rings (SSSR count). The summed E-state index contributed by atoms with van der Waals surface area (Å²) in [5.74, 6) is -2.42. The molecular weight excluding hydrogens is 493 g/mol. The molecule has 0 aliphatic heterocycles. The van der Waals surface area contributed by atoms with Crippen LogP contribution in [0.1, 0.15) is 52.5 Å². The molecule has 1 fully saturated rings. The molecule has 0 spiro atoms. The van der Waals surface area contributed by atoms with E-state index in [2.05, 4.69) is 4.72 Å². The molecule has 1 aromatic carbocycles. The smallest absolute Gasteiger partial charge is 0.416 e. The predicted octanol–water partition coefficient (Wildman–Crippen LogP) is 2.64. The van der Waals surface area contributed by atoms with Crippen LogP contribution in [0.5, 0.6) is 0 Å². The molecule has 35 heavy (non-hydrogen) atoms. The van der Waals surface area contributed by atoms with E-state index in [0.717, 1.165) is 17.0 Å². The van der Waals surface area contributed by atoms with Gasteiger partial charge in [-0.2, -0.15) is 17.9 Å². The van der Waals surface area contributed by atoms with E-state index in [1.165, 1.54) is 0 Å². The van der Waals surface area contributed by atoms with Gasteiger partial charge >= 0.3 is 18.1 Å². The lowest BCUT2D eigenvalue weighted by Gasteiger charge is -2.28. The topological polar surface area (TPSA) is 119 Å². The van der Waals surface area contributed by atoms with Crippen molar-refractivity contribution in [1.82, 2.24) is 9.62 Å². The molecule has 13 heteroatoms. The molecule has 0 saturated heterocycles. The van der Waals surface area contributed by atoms with Crippen LogP contribution in [0.2, 0.25) is 0 Å². The van der Waals surface area contributed by atoms with E-state index in [1.807, 2.05) is 0 Å². The van der Waals surface area contributed by atoms with Crippen molar-refractivity contribution in [1.29, 1.82) is 0 Å². The van der Waals surface area contributed by atoms with Crippen molar-refractivity contribution in [3.8, 4) is 0 Å². The van der Waals surface area contributed by atoms with Gasteiger partial charge in [0.1, 0.15) is 18.2 Å². The minimum Gasteiger partial charge on any atom is -0.465 e. The van der Waals surface area contributed by atoms with Crippen LogP contribution in [0.3, 0.4) is 0 Å². The average Bonchev–Trinajstić information content (AvgIpc) is 3.54. The van der Waals surface area contributed by atoms with E-state index in [4.69, 9.17) is 9.47 Å². The fourth-order valence-electron chi connectivity index (χ4n) is 3.13. The quantitative estimate of drug-likeness (QED) is 0.469. The molecule has 1 amide bonds. The number of amides is 1. The van der Waals surface area contributed by atoms with Gasteiger partial charge in [-0.25, -0.2) is 8.42 Å². The maximum absolute atomic E-state index is 13.3. The van der Waals surface area contributed by atoms with E-state index in [0.29, 0.717) is 25.0 Å². The standard InChI is InChI=1S/C22H29F3N2O7S/c1-5-33-19(29)13-27(15-8-9-15)20(30)17(12-18(28)34-21(2,3)4)26-35(31,32)16-10-6-14(7-11-16)22(23,24)25/h6-7,10-11,15,17,26H,5,8-9,12-13H2,1-4H3/t17-/m0/s1. The molecule has 1 aliphatic carbocycles. The minimum absolute atomic E-state index is 0.0768. The maximum Gasteiger partial charge on any atom is 0.416 e. The van der Waals surface area contributed by atoms with Gasteiger partial charge in [0.05, 0.1) is 23.5 Å². The first-order valence-electron chi connectivity index (χ1n) is 10.9. The summed E-state index contributed by atoms with van der Waals surface area (Å²) in [7, 11) is -4.52. The Bertz CT molecular complexity index is 1030. The number of nitrogens with one attached hydrogen (secondary N) is 1. The van der Waals surface area contributed by atoms with Crippen molar-refractivity contribution in [3.05, 3.63) is 29.8 Å². The molecule has 0 radical (unpaired) electrons. The van der Waals surface area contributed by atoms with Gasteiger partial charge in [0.2, 0.25) is 15.9 Å². The van der Waals surface area contributed by atoms with Crippen LogP contribution < -0.4 is 4.72 Å². The monoisotopic (exact) mass is 522 g/mol. The summed E-state index contributed by atoms with van der Waals surface area (Å²) < 4.78 is 76.5. The molecule has 1 aliphatic rings. The molecule has 1 saturated carbocycles. The zero-order valence-corrected chi connectivity index (χ0v) is 20.7. The first-order valence-corrected chi connectivity index (χ1v) is 12.4. The summed E-state index contributed by atoms with van der Waals surface area (Å²) in [4.78, 5) is 38.3. The van der Waals surface area contributed by atoms with Crippen molar-refractivity contribution in [2.75, 3.05) is 13.2 Å². The largest absolute Gasteiger partial charge is 0.465 e. The summed E-state index contributed by atoms with van der Waals surface area (Å²) in [6, 6.07) is 0.692. The van der Waals surface area contributed by atoms with E-state index in [9.17, 15) is 36.0 Å². The second-order valence-electron chi connectivity index (χ2n) is 8.99. The lowest BCUT2D eigenvalue weighted by molar-refractivity contribution is -0.157. The highest BCUT2D eigenvalue weighted by atomic mass is 32.2. The molecule has 0 unspecified atom stereocenters. The van der Waals surface area contributed by atoms with E-state index in [1.54, 1.807) is 27.7 Å². The van der Waals surface area contributed by atoms with E-state index in [-0.39, 0.29) is 12.6 Å². The highest BCUT2D eigenvalue weighted by molar-refractivity contribution is 7.89. The van der Waals surface area contributed by atoms with Gasteiger partial charge in [0.25, 0.3) is 0 Å². The molecule has 1 aromatic rings. The van der Waals surface area contributed by atoms with Crippen LogP contribution >= 0.6 is 0 Å². The number of ether oxygens (including phenoxy) is 2. The second-order valence-corrected chi connectivity index (χ2v) is 10.7. The molecule has 1 N–H and O–H groups in total. The minimum atomic E-state index is -4.66. The van der Waals surface area contributed by atoms with Crippen molar-refractivity contribution in [2.24, 2.45) is 0 Å². The molecule has 9 nitrogen and oxygen atoms in total. The lowest BCUT2D eigenvalue weighted by atomic mass is 10.1. The van der Waals surface area contributed by atoms with E-state index >= 15 is 0 Å². The number of nitrogens with zero attached hydrogens (tertiary/aromatic N) is 1. The highest BCUT2D eigenvalue weighted by Crippen LogP contribution is 2.30. The number of sulfonamides is 1. The SMILES string of the molecule is CCOC(=O)CN(C(=O)[C@H](CC(=O)OC(C)(C)C)NS(=O)(=O)c1ccc(C(F)(F)F)cc1)C1CC1. The summed E-state index contributed by atoms with van der Waals surface area (Å²) in [6.07, 6.45) is -4.20. The Kier molecular flexibility index (Phi) is 8.93. The van der Waals surface area contributed by atoms with Gasteiger partial charge in [-0.3, -0.25) is 14.4 Å². The maximum atomic E-state index is 13.3. The van der Waals surface area contributed by atoms with Crippen LogP contribution in [-0.2, 0) is 40.1 Å². The van der Waals surface area contributed by atoms with Gasteiger partial charge in [0, 0.05) is 6.04 Å². The normalized spacial score (nSPS) is 15.3. The predicted molar refractivity (Wildman–Crippen MR) is 117 cm³/mol. The number of hydrogen-bond acceptors (Lipinski definition) is 7. The molecule has 0 heterocycles. The molecule has 196 valence electrons. The van der Waals surface area contributed by atoms with Crippen molar-refractivity contribution in [3.63, 3.8) is 0 Å². The Balaban J connectivity index is 2.33. The molecule has 0 bridgehead atoms. The Hall–Kier alpha value is -2.67. The second kappa shape index (κ2) is 10.9. The number of benzene rings is 1. The van der Waals surface area contributed by atoms with Crippen LogP contribution in [-0.4, -0.2) is 62.0 Å². The fraction of sp³-hybridized carbons (Fsp3) is 0.591. The zero-order chi connectivity index (χ0) is 26.6. The van der Waals surface area contributed by atoms with Crippen LogP contribution in [0.25, 0.3) is 0 Å². The summed E-state index contributed by atoms with van der Waals surface area (Å²) in [5, 5.41) is 0. The van der Waals surface area contributed by atoms with Crippen molar-refractivity contribution >= 4 is 27.9 Å². The number of halogens is 3. The van der Waals surface area contributed by atoms with Crippen molar-refractivity contribution in [2.45, 2.75) is 75.7 Å². The number of hydrogen-bond donors (Lipinski definition) is 1. The van der Waals surface area contributed by atoms with Crippen molar-refractivity contribution < 1.29 is 45.4 Å². The zero-order valence-electron chi connectivity index (χ0n) is 19.8.